The zero-order valence-corrected chi connectivity index (χ0v) is 41.1. The Kier molecular flexibility index (Phi) is 33.8. The summed E-state index contributed by atoms with van der Waals surface area (Å²) in [7, 11) is 0. The van der Waals surface area contributed by atoms with E-state index in [2.05, 4.69) is 6.92 Å². The molecule has 11 nitrogen and oxygen atoms in total. The van der Waals surface area contributed by atoms with Crippen LogP contribution in [0.25, 0.3) is 0 Å². The van der Waals surface area contributed by atoms with Gasteiger partial charge < -0.3 is 33.3 Å². The zero-order valence-electron chi connectivity index (χ0n) is 41.1. The van der Waals surface area contributed by atoms with Gasteiger partial charge in [0.1, 0.15) is 6.61 Å². The molecular weight excluding hydrogens is 811 g/mol. The number of benzene rings is 1. The van der Waals surface area contributed by atoms with Crippen LogP contribution >= 0.6 is 0 Å². The highest BCUT2D eigenvalue weighted by Gasteiger charge is 2.50. The Labute approximate surface area is 389 Å². The van der Waals surface area contributed by atoms with Crippen molar-refractivity contribution in [2.24, 2.45) is 0 Å². The molecular formula is C53H91NO10. The molecule has 1 aliphatic heterocycles. The van der Waals surface area contributed by atoms with Crippen LogP contribution in [-0.4, -0.2) is 79.3 Å². The summed E-state index contributed by atoms with van der Waals surface area (Å²) in [5, 5.41) is 0. The maximum absolute atomic E-state index is 13.1. The number of hydrogen-bond acceptors (Lipinski definition) is 10. The van der Waals surface area contributed by atoms with Crippen molar-refractivity contribution < 1.29 is 47.6 Å². The molecule has 0 aromatic heterocycles. The zero-order chi connectivity index (χ0) is 46.5. The third kappa shape index (κ3) is 28.7. The maximum Gasteiger partial charge on any atom is 0.410 e. The minimum absolute atomic E-state index is 0.177. The Hall–Kier alpha value is -3.18. The Morgan fingerprint density at radius 3 is 1.30 bits per heavy atom. The van der Waals surface area contributed by atoms with Gasteiger partial charge in [-0.05, 0) is 31.7 Å². The van der Waals surface area contributed by atoms with Gasteiger partial charge in [-0.3, -0.25) is 14.4 Å². The highest BCUT2D eigenvalue weighted by atomic mass is 16.7. The van der Waals surface area contributed by atoms with Gasteiger partial charge in [-0.2, -0.15) is 0 Å². The van der Waals surface area contributed by atoms with Crippen LogP contribution in [0.3, 0.4) is 0 Å². The second-order valence-electron chi connectivity index (χ2n) is 18.2. The molecule has 1 aromatic rings. The van der Waals surface area contributed by atoms with Crippen LogP contribution in [0.2, 0.25) is 0 Å². The fourth-order valence-electron chi connectivity index (χ4n) is 8.61. The summed E-state index contributed by atoms with van der Waals surface area (Å²) in [6, 6.07) is 9.96. The lowest BCUT2D eigenvalue weighted by molar-refractivity contribution is -0.300. The molecule has 0 N–H and O–H groups in total. The molecule has 1 aliphatic rings. The van der Waals surface area contributed by atoms with Crippen molar-refractivity contribution in [2.45, 2.75) is 258 Å². The molecule has 0 unspecified atom stereocenters. The highest BCUT2D eigenvalue weighted by Crippen LogP contribution is 2.30. The van der Waals surface area contributed by atoms with Crippen LogP contribution in [0.4, 0.5) is 4.79 Å². The molecule has 1 saturated heterocycles. The summed E-state index contributed by atoms with van der Waals surface area (Å²) in [6.45, 7) is 10.0. The van der Waals surface area contributed by atoms with E-state index in [4.69, 9.17) is 28.4 Å². The van der Waals surface area contributed by atoms with Crippen molar-refractivity contribution in [3.05, 3.63) is 35.9 Å². The van der Waals surface area contributed by atoms with Gasteiger partial charge in [0.15, 0.2) is 24.6 Å². The summed E-state index contributed by atoms with van der Waals surface area (Å²) in [6.07, 6.45) is 31.7. The van der Waals surface area contributed by atoms with Gasteiger partial charge in [-0.1, -0.05) is 204 Å². The average Bonchev–Trinajstić information content (AvgIpc) is 3.26. The molecule has 0 radical (unpaired) electrons. The fourth-order valence-corrected chi connectivity index (χ4v) is 8.61. The summed E-state index contributed by atoms with van der Waals surface area (Å²) in [5.74, 6) is -1.72. The topological polar surface area (TPSA) is 127 Å². The summed E-state index contributed by atoms with van der Waals surface area (Å²) in [5.41, 5.74) is 1.02. The molecule has 5 atom stereocenters. The summed E-state index contributed by atoms with van der Waals surface area (Å²) < 4.78 is 34.0. The Morgan fingerprint density at radius 2 is 0.875 bits per heavy atom. The van der Waals surface area contributed by atoms with Crippen molar-refractivity contribution in [1.29, 1.82) is 0 Å². The van der Waals surface area contributed by atoms with Crippen molar-refractivity contribution >= 4 is 24.0 Å². The lowest BCUT2D eigenvalue weighted by atomic mass is 9.99. The average molecular weight is 902 g/mol. The molecule has 64 heavy (non-hydrogen) atoms. The molecule has 368 valence electrons. The third-order valence-corrected chi connectivity index (χ3v) is 12.2. The highest BCUT2D eigenvalue weighted by molar-refractivity contribution is 5.68. The van der Waals surface area contributed by atoms with E-state index in [9.17, 15) is 19.2 Å². The van der Waals surface area contributed by atoms with Gasteiger partial charge in [-0.25, -0.2) is 4.79 Å². The van der Waals surface area contributed by atoms with E-state index in [0.717, 1.165) is 57.2 Å². The molecule has 1 amide bonds. The molecule has 0 spiro atoms. The van der Waals surface area contributed by atoms with E-state index in [1.54, 1.807) is 6.92 Å². The van der Waals surface area contributed by atoms with Gasteiger partial charge in [-0.15, -0.1) is 0 Å². The summed E-state index contributed by atoms with van der Waals surface area (Å²) >= 11 is 0. The SMILES string of the molecule is CCCCCCCCCCCCCCCCCCN(CCCCCCCCCCCCCCCO[C@@H]1O[C@@H](C)[C@H](OC(C)=O)[C@H](OC(C)=O)[C@H]1OC(C)=O)C(=O)OCc1ccccc1. The number of amides is 1. The number of unbranched alkanes of at least 4 members (excludes halogenated alkanes) is 27. The maximum atomic E-state index is 13.1. The number of ether oxygens (including phenoxy) is 6. The van der Waals surface area contributed by atoms with Crippen LogP contribution in [0.1, 0.15) is 226 Å². The van der Waals surface area contributed by atoms with E-state index in [-0.39, 0.29) is 6.09 Å². The third-order valence-electron chi connectivity index (χ3n) is 12.2. The Morgan fingerprint density at radius 1 is 0.500 bits per heavy atom. The summed E-state index contributed by atoms with van der Waals surface area (Å²) in [4.78, 5) is 50.6. The van der Waals surface area contributed by atoms with Crippen LogP contribution in [0, 0.1) is 0 Å². The van der Waals surface area contributed by atoms with E-state index >= 15 is 0 Å². The second-order valence-corrected chi connectivity index (χ2v) is 18.2. The predicted molar refractivity (Wildman–Crippen MR) is 255 cm³/mol. The number of carbonyl (C=O) groups excluding carboxylic acids is 4. The van der Waals surface area contributed by atoms with Crippen molar-refractivity contribution in [1.82, 2.24) is 4.90 Å². The largest absolute Gasteiger partial charge is 0.456 e. The van der Waals surface area contributed by atoms with Gasteiger partial charge in [0.05, 0.1) is 6.10 Å². The molecule has 0 bridgehead atoms. The molecule has 1 fully saturated rings. The quantitative estimate of drug-likeness (QED) is 0.0358. The fraction of sp³-hybridized carbons (Fsp3) is 0.811. The van der Waals surface area contributed by atoms with E-state index < -0.39 is 48.6 Å². The van der Waals surface area contributed by atoms with Crippen LogP contribution < -0.4 is 0 Å². The second kappa shape index (κ2) is 38.0. The van der Waals surface area contributed by atoms with E-state index in [1.807, 2.05) is 35.2 Å². The normalized spacial score (nSPS) is 18.4. The molecule has 2 rings (SSSR count). The Bertz CT molecular complexity index is 1330. The number of nitrogens with zero attached hydrogens (tertiary/aromatic N) is 1. The van der Waals surface area contributed by atoms with Crippen molar-refractivity contribution in [2.75, 3.05) is 19.7 Å². The molecule has 1 heterocycles. The lowest BCUT2D eigenvalue weighted by Gasteiger charge is -2.43. The smallest absolute Gasteiger partial charge is 0.410 e. The lowest BCUT2D eigenvalue weighted by Crippen LogP contribution is -2.61. The number of rotatable bonds is 39. The monoisotopic (exact) mass is 902 g/mol. The van der Waals surface area contributed by atoms with E-state index in [0.29, 0.717) is 13.2 Å². The molecule has 1 aromatic carbocycles. The first-order valence-corrected chi connectivity index (χ1v) is 25.9. The Balaban J connectivity index is 1.53. The number of carbonyl (C=O) groups is 4. The molecule has 0 aliphatic carbocycles. The first-order chi connectivity index (χ1) is 31.1. The minimum Gasteiger partial charge on any atom is -0.456 e. The number of esters is 3. The van der Waals surface area contributed by atoms with Gasteiger partial charge in [0.2, 0.25) is 0 Å². The van der Waals surface area contributed by atoms with Crippen LogP contribution in [0.15, 0.2) is 30.3 Å². The molecule has 11 heteroatoms. The van der Waals surface area contributed by atoms with E-state index in [1.165, 1.54) is 168 Å². The van der Waals surface area contributed by atoms with Gasteiger partial charge in [0, 0.05) is 40.5 Å². The van der Waals surface area contributed by atoms with Gasteiger partial charge >= 0.3 is 24.0 Å². The minimum atomic E-state index is -1.06. The predicted octanol–water partition coefficient (Wildman–Crippen LogP) is 13.5. The van der Waals surface area contributed by atoms with Crippen LogP contribution in [0.5, 0.6) is 0 Å². The number of hydrogen-bond donors (Lipinski definition) is 0. The first-order valence-electron chi connectivity index (χ1n) is 25.9. The standard InChI is InChI=1S/C53H91NO10/c1-6-7-8-9-10-11-12-13-14-15-17-20-23-26-29-35-40-54(53(58)60-43-48-38-33-32-34-39-48)41-36-30-27-24-21-18-16-19-22-25-28-31-37-42-59-52-51(64-47(5)57)50(63-46(4)56)49(44(2)61-52)62-45(3)55/h32-34,38-39,44,49-52H,6-31,35-37,40-43H2,1-5H3/t44-,49-,50-,51+,52+/m0/s1. The molecule has 0 saturated carbocycles. The van der Waals surface area contributed by atoms with Gasteiger partial charge in [0.25, 0.3) is 0 Å². The first kappa shape index (κ1) is 56.9. The van der Waals surface area contributed by atoms with Crippen molar-refractivity contribution in [3.63, 3.8) is 0 Å². The van der Waals surface area contributed by atoms with Crippen molar-refractivity contribution in [3.8, 4) is 0 Å². The van der Waals surface area contributed by atoms with Crippen LogP contribution in [-0.2, 0) is 49.4 Å².